The van der Waals surface area contributed by atoms with E-state index in [1.54, 1.807) is 30.1 Å². The molecule has 3 aromatic rings. The van der Waals surface area contributed by atoms with Crippen molar-refractivity contribution in [2.45, 2.75) is 50.5 Å². The molecule has 1 saturated heterocycles. The monoisotopic (exact) mass is 487 g/mol. The molecule has 2 aromatic heterocycles. The zero-order valence-electron chi connectivity index (χ0n) is 19.4. The topological polar surface area (TPSA) is 28.2 Å². The van der Waals surface area contributed by atoms with E-state index in [4.69, 9.17) is 0 Å². The van der Waals surface area contributed by atoms with Crippen LogP contribution in [-0.4, -0.2) is 29.5 Å². The summed E-state index contributed by atoms with van der Waals surface area (Å²) in [6.45, 7) is 9.34. The molecule has 0 bridgehead atoms. The summed E-state index contributed by atoms with van der Waals surface area (Å²) in [5.74, 6) is -0.224. The van der Waals surface area contributed by atoms with Crippen LogP contribution >= 0.6 is 23.3 Å². The Balaban J connectivity index is 1.47. The van der Waals surface area contributed by atoms with Gasteiger partial charge in [0.1, 0.15) is 5.82 Å². The Morgan fingerprint density at radius 2 is 1.91 bits per heavy atom. The molecular weight excluding hydrogens is 456 g/mol. The van der Waals surface area contributed by atoms with E-state index in [0.717, 1.165) is 54.4 Å². The van der Waals surface area contributed by atoms with Gasteiger partial charge in [-0.2, -0.15) is 4.39 Å². The van der Waals surface area contributed by atoms with E-state index >= 15 is 0 Å². The lowest BCUT2D eigenvalue weighted by molar-refractivity contribution is 0.129. The highest BCUT2D eigenvalue weighted by Crippen LogP contribution is 2.42. The Morgan fingerprint density at radius 1 is 1.12 bits per heavy atom. The average molecular weight is 488 g/mol. The van der Waals surface area contributed by atoms with Crippen LogP contribution in [-0.2, 0) is 12.0 Å². The summed E-state index contributed by atoms with van der Waals surface area (Å²) in [5, 5.41) is -0.120. The average Bonchev–Trinajstić information content (AvgIpc) is 3.41. The van der Waals surface area contributed by atoms with Crippen LogP contribution in [0, 0.1) is 23.3 Å². The standard InChI is InChI=1S/C26H31F2N3S2/c1-19-4-5-20(16-29-19)25(2,3)31-15-14-26(18-31,13-12-22-10-11-24(28)32-22)17-30-33-23-8-6-21(27)7-9-23/h4-11,16,30H,12-15,17-18H2,1-3H3. The van der Waals surface area contributed by atoms with Crippen molar-refractivity contribution in [3.63, 3.8) is 0 Å². The second kappa shape index (κ2) is 10.2. The van der Waals surface area contributed by atoms with E-state index in [1.807, 2.05) is 19.2 Å². The predicted molar refractivity (Wildman–Crippen MR) is 133 cm³/mol. The summed E-state index contributed by atoms with van der Waals surface area (Å²) in [6, 6.07) is 14.3. The van der Waals surface area contributed by atoms with E-state index in [1.165, 1.54) is 29.0 Å². The summed E-state index contributed by atoms with van der Waals surface area (Å²) in [7, 11) is 0. The number of thiophene rings is 1. The molecular formula is C26H31F2N3S2. The Morgan fingerprint density at radius 3 is 2.58 bits per heavy atom. The molecule has 176 valence electrons. The maximum Gasteiger partial charge on any atom is 0.176 e. The second-order valence-electron chi connectivity index (χ2n) is 9.50. The normalized spacial score (nSPS) is 19.3. The molecule has 0 saturated carbocycles. The summed E-state index contributed by atoms with van der Waals surface area (Å²) < 4.78 is 30.3. The van der Waals surface area contributed by atoms with Crippen LogP contribution in [0.5, 0.6) is 0 Å². The minimum atomic E-state index is -0.224. The fourth-order valence-corrected chi connectivity index (χ4v) is 6.05. The molecule has 33 heavy (non-hydrogen) atoms. The molecule has 7 heteroatoms. The van der Waals surface area contributed by atoms with Crippen molar-refractivity contribution in [2.75, 3.05) is 19.6 Å². The van der Waals surface area contributed by atoms with Crippen LogP contribution in [0.1, 0.15) is 42.8 Å². The molecule has 3 heterocycles. The van der Waals surface area contributed by atoms with Crippen LogP contribution in [0.2, 0.25) is 0 Å². The highest BCUT2D eigenvalue weighted by atomic mass is 32.2. The van der Waals surface area contributed by atoms with Gasteiger partial charge in [0.05, 0.1) is 0 Å². The number of aryl methyl sites for hydroxylation is 2. The number of benzene rings is 1. The molecule has 0 radical (unpaired) electrons. The molecule has 1 aliphatic rings. The van der Waals surface area contributed by atoms with Crippen molar-refractivity contribution in [3.8, 4) is 0 Å². The molecule has 0 amide bonds. The van der Waals surface area contributed by atoms with Gasteiger partial charge in [0, 0.05) is 40.3 Å². The van der Waals surface area contributed by atoms with E-state index in [9.17, 15) is 8.78 Å². The highest BCUT2D eigenvalue weighted by Gasteiger charge is 2.43. The van der Waals surface area contributed by atoms with Gasteiger partial charge in [-0.15, -0.1) is 11.3 Å². The number of hydrogen-bond donors (Lipinski definition) is 1. The van der Waals surface area contributed by atoms with Crippen molar-refractivity contribution in [1.82, 2.24) is 14.6 Å². The number of nitrogens with one attached hydrogen (secondary N) is 1. The lowest BCUT2D eigenvalue weighted by atomic mass is 9.82. The van der Waals surface area contributed by atoms with Crippen LogP contribution in [0.4, 0.5) is 8.78 Å². The van der Waals surface area contributed by atoms with Gasteiger partial charge >= 0.3 is 0 Å². The number of nitrogens with zero attached hydrogens (tertiary/aromatic N) is 2. The van der Waals surface area contributed by atoms with E-state index in [0.29, 0.717) is 0 Å². The highest BCUT2D eigenvalue weighted by molar-refractivity contribution is 7.97. The van der Waals surface area contributed by atoms with Gasteiger partial charge in [-0.1, -0.05) is 6.07 Å². The van der Waals surface area contributed by atoms with Crippen molar-refractivity contribution >= 4 is 23.3 Å². The smallest absolute Gasteiger partial charge is 0.176 e. The number of halogens is 2. The molecule has 1 fully saturated rings. The lowest BCUT2D eigenvalue weighted by Gasteiger charge is -2.38. The van der Waals surface area contributed by atoms with Crippen molar-refractivity contribution in [1.29, 1.82) is 0 Å². The third kappa shape index (κ3) is 6.01. The van der Waals surface area contributed by atoms with Crippen LogP contribution in [0.15, 0.2) is 59.6 Å². The summed E-state index contributed by atoms with van der Waals surface area (Å²) in [5.41, 5.74) is 2.19. The Labute approximate surface area is 203 Å². The first-order valence-corrected chi connectivity index (χ1v) is 13.0. The molecule has 3 nitrogen and oxygen atoms in total. The van der Waals surface area contributed by atoms with E-state index in [2.05, 4.69) is 40.6 Å². The molecule has 1 aliphatic heterocycles. The number of pyridine rings is 1. The predicted octanol–water partition coefficient (Wildman–Crippen LogP) is 6.59. The van der Waals surface area contributed by atoms with Crippen LogP contribution < -0.4 is 4.72 Å². The van der Waals surface area contributed by atoms with E-state index < -0.39 is 0 Å². The van der Waals surface area contributed by atoms with Crippen molar-refractivity contribution in [3.05, 3.63) is 81.8 Å². The fourth-order valence-electron chi connectivity index (χ4n) is 4.51. The van der Waals surface area contributed by atoms with Crippen molar-refractivity contribution in [2.24, 2.45) is 5.41 Å². The van der Waals surface area contributed by atoms with Crippen LogP contribution in [0.25, 0.3) is 0 Å². The summed E-state index contributed by atoms with van der Waals surface area (Å²) >= 11 is 2.79. The first-order valence-electron chi connectivity index (χ1n) is 11.3. The summed E-state index contributed by atoms with van der Waals surface area (Å²) in [4.78, 5) is 9.16. The molecule has 1 N–H and O–H groups in total. The molecule has 1 unspecified atom stereocenters. The Kier molecular flexibility index (Phi) is 7.53. The molecule has 1 atom stereocenters. The molecule has 4 rings (SSSR count). The van der Waals surface area contributed by atoms with Crippen LogP contribution in [0.3, 0.4) is 0 Å². The zero-order chi connectivity index (χ0) is 23.5. The largest absolute Gasteiger partial charge is 0.293 e. The quantitative estimate of drug-likeness (QED) is 0.345. The maximum absolute atomic E-state index is 13.5. The van der Waals surface area contributed by atoms with Gasteiger partial charge in [0.2, 0.25) is 0 Å². The first-order chi connectivity index (χ1) is 15.8. The Hall–Kier alpha value is -1.80. The van der Waals surface area contributed by atoms with Gasteiger partial charge in [0.25, 0.3) is 0 Å². The van der Waals surface area contributed by atoms with E-state index in [-0.39, 0.29) is 21.9 Å². The van der Waals surface area contributed by atoms with Gasteiger partial charge in [-0.05, 0) is 112 Å². The second-order valence-corrected chi connectivity index (χ2v) is 11.6. The zero-order valence-corrected chi connectivity index (χ0v) is 21.0. The Bertz CT molecular complexity index is 1050. The third-order valence-electron chi connectivity index (χ3n) is 6.83. The van der Waals surface area contributed by atoms with Crippen molar-refractivity contribution < 1.29 is 8.78 Å². The SMILES string of the molecule is Cc1ccc(C(C)(C)N2CCC(CCc3ccc(F)s3)(CNSc3ccc(F)cc3)C2)cn1. The molecule has 0 aliphatic carbocycles. The lowest BCUT2D eigenvalue weighted by Crippen LogP contribution is -2.43. The molecule has 0 spiro atoms. The van der Waals surface area contributed by atoms with Gasteiger partial charge in [0.15, 0.2) is 5.13 Å². The number of aromatic nitrogens is 1. The number of hydrogen-bond acceptors (Lipinski definition) is 5. The number of likely N-dealkylation sites (tertiary alicyclic amines) is 1. The third-order valence-corrected chi connectivity index (χ3v) is 8.56. The van der Waals surface area contributed by atoms with Gasteiger partial charge < -0.3 is 0 Å². The minimum absolute atomic E-state index is 0.0723. The fraction of sp³-hybridized carbons (Fsp3) is 0.423. The minimum Gasteiger partial charge on any atom is -0.293 e. The summed E-state index contributed by atoms with van der Waals surface area (Å²) in [6.07, 6.45) is 4.92. The first kappa shape index (κ1) is 24.3. The maximum atomic E-state index is 13.5. The molecule has 1 aromatic carbocycles. The van der Waals surface area contributed by atoms with Gasteiger partial charge in [-0.3, -0.25) is 14.6 Å². The van der Waals surface area contributed by atoms with Gasteiger partial charge in [-0.25, -0.2) is 4.39 Å². The number of rotatable bonds is 9.